The lowest BCUT2D eigenvalue weighted by atomic mass is 9.72. The number of nitro groups is 1. The number of alkyl carbamates (subject to hydrolysis) is 1. The van der Waals surface area contributed by atoms with Crippen molar-refractivity contribution in [1.29, 1.82) is 0 Å². The van der Waals surface area contributed by atoms with E-state index in [-0.39, 0.29) is 52.5 Å². The van der Waals surface area contributed by atoms with E-state index in [4.69, 9.17) is 23.7 Å². The molecule has 1 amide bonds. The molecule has 3 aliphatic rings. The number of ether oxygens (including phenoxy) is 5. The average molecular weight is 753 g/mol. The number of ketones is 3. The minimum absolute atomic E-state index is 0.0379. The number of carbonyl (C=O) groups is 4. The number of hydrogen-bond acceptors (Lipinski definition) is 16. The number of Topliss-reactive ketones (excluding diaryl/α,β-unsaturated/α-hetero) is 1. The number of nitrogens with one attached hydrogen (secondary N) is 1. The van der Waals surface area contributed by atoms with E-state index in [0.717, 1.165) is 6.07 Å². The van der Waals surface area contributed by atoms with Gasteiger partial charge in [-0.3, -0.25) is 24.5 Å². The normalized spacial score (nSPS) is 24.4. The van der Waals surface area contributed by atoms with Gasteiger partial charge in [-0.15, -0.1) is 0 Å². The van der Waals surface area contributed by atoms with Crippen molar-refractivity contribution in [2.75, 3.05) is 20.8 Å². The van der Waals surface area contributed by atoms with Crippen LogP contribution in [0.3, 0.4) is 0 Å². The second-order valence-corrected chi connectivity index (χ2v) is 13.1. The summed E-state index contributed by atoms with van der Waals surface area (Å²) in [7, 11) is 2.58. The molecule has 18 heteroatoms. The van der Waals surface area contributed by atoms with Gasteiger partial charge in [0, 0.05) is 47.6 Å². The molecule has 1 heterocycles. The summed E-state index contributed by atoms with van der Waals surface area (Å²) in [6.07, 6.45) is -7.70. The zero-order chi connectivity index (χ0) is 39.2. The minimum atomic E-state index is -2.38. The van der Waals surface area contributed by atoms with E-state index in [0.29, 0.717) is 5.56 Å². The van der Waals surface area contributed by atoms with Gasteiger partial charge >= 0.3 is 6.09 Å². The molecule has 0 aromatic heterocycles. The standard InChI is InChI=1S/C36H36N2O16/c1-15-30(41)20(37-35(46)52-14-16-7-8-17(38(48)49)9-22(16)51-3)10-25(53-15)54-23-12-36(47,24(40)13-39)11-19-27(23)34(45)29-28(32(19)43)31(42)18-5-4-6-21(50-2)26(18)33(29)44/h4-9,15,20,23,25,30,39,41,43,45,47H,10-14H2,1-3H3,(H,37,46)/t15-,20-,23-,25-,30+,36-/m0/s1. The van der Waals surface area contributed by atoms with Crippen molar-refractivity contribution in [2.45, 2.75) is 69.0 Å². The van der Waals surface area contributed by atoms with E-state index in [1.165, 1.54) is 51.5 Å². The SMILES string of the molecule is COc1cc([N+](=O)[O-])ccc1COC(=O)N[C@H]1C[C@H](O[C@H]2C[C@](O)(C(=O)CO)Cc3c(O)c4c(c(O)c32)C(=O)c2c(OC)cccc2C4=O)O[C@@H](C)[C@H]1O. The average Bonchev–Trinajstić information content (AvgIpc) is 3.15. The van der Waals surface area contributed by atoms with Gasteiger partial charge in [-0.2, -0.15) is 0 Å². The molecule has 286 valence electrons. The van der Waals surface area contributed by atoms with Crippen LogP contribution in [0.2, 0.25) is 0 Å². The Morgan fingerprint density at radius 3 is 2.41 bits per heavy atom. The van der Waals surface area contributed by atoms with E-state index < -0.39 is 107 Å². The van der Waals surface area contributed by atoms with E-state index in [1.807, 2.05) is 0 Å². The highest BCUT2D eigenvalue weighted by Crippen LogP contribution is 2.52. The van der Waals surface area contributed by atoms with Crippen molar-refractivity contribution in [3.05, 3.63) is 85.5 Å². The summed E-state index contributed by atoms with van der Waals surface area (Å²) in [4.78, 5) is 63.9. The predicted octanol–water partition coefficient (Wildman–Crippen LogP) is 1.89. The molecule has 2 aliphatic carbocycles. The Bertz CT molecular complexity index is 2070. The molecule has 0 saturated carbocycles. The Kier molecular flexibility index (Phi) is 10.3. The molecule has 1 saturated heterocycles. The molecule has 54 heavy (non-hydrogen) atoms. The summed E-state index contributed by atoms with van der Waals surface area (Å²) in [5, 5.41) is 69.0. The fraction of sp³-hybridized carbons (Fsp3) is 0.389. The lowest BCUT2D eigenvalue weighted by molar-refractivity contribution is -0.384. The topological polar surface area (TPSA) is 271 Å². The highest BCUT2D eigenvalue weighted by atomic mass is 16.7. The van der Waals surface area contributed by atoms with Crippen LogP contribution < -0.4 is 14.8 Å². The van der Waals surface area contributed by atoms with Crippen LogP contribution in [0, 0.1) is 10.1 Å². The smallest absolute Gasteiger partial charge is 0.407 e. The Hall–Kier alpha value is -5.66. The molecule has 0 spiro atoms. The van der Waals surface area contributed by atoms with Crippen molar-refractivity contribution >= 4 is 29.1 Å². The summed E-state index contributed by atoms with van der Waals surface area (Å²) in [5.74, 6) is -4.16. The van der Waals surface area contributed by atoms with Crippen LogP contribution in [0.15, 0.2) is 36.4 Å². The zero-order valence-corrected chi connectivity index (χ0v) is 29.1. The third kappa shape index (κ3) is 6.58. The number of phenols is 2. The number of aliphatic hydroxyl groups excluding tert-OH is 2. The highest BCUT2D eigenvalue weighted by Gasteiger charge is 2.50. The quantitative estimate of drug-likeness (QED) is 0.0767. The Labute approximate surface area is 305 Å². The van der Waals surface area contributed by atoms with Crippen molar-refractivity contribution < 1.29 is 73.3 Å². The first-order chi connectivity index (χ1) is 25.6. The van der Waals surface area contributed by atoms with Crippen LogP contribution in [-0.2, 0) is 32.0 Å². The predicted molar refractivity (Wildman–Crippen MR) is 181 cm³/mol. The molecule has 18 nitrogen and oxygen atoms in total. The lowest BCUT2D eigenvalue weighted by Gasteiger charge is -2.42. The van der Waals surface area contributed by atoms with Gasteiger partial charge in [-0.05, 0) is 19.1 Å². The maximum atomic E-state index is 13.9. The van der Waals surface area contributed by atoms with Gasteiger partial charge in [0.15, 0.2) is 17.9 Å². The van der Waals surface area contributed by atoms with Gasteiger partial charge in [0.25, 0.3) is 5.69 Å². The van der Waals surface area contributed by atoms with Gasteiger partial charge in [0.2, 0.25) is 5.78 Å². The largest absolute Gasteiger partial charge is 0.507 e. The van der Waals surface area contributed by atoms with Crippen molar-refractivity contribution in [1.82, 2.24) is 5.32 Å². The van der Waals surface area contributed by atoms with Crippen LogP contribution >= 0.6 is 0 Å². The second-order valence-electron chi connectivity index (χ2n) is 13.1. The monoisotopic (exact) mass is 752 g/mol. The highest BCUT2D eigenvalue weighted by molar-refractivity contribution is 6.31. The van der Waals surface area contributed by atoms with Crippen LogP contribution in [0.1, 0.15) is 74.4 Å². The first kappa shape index (κ1) is 38.1. The molecule has 3 aromatic carbocycles. The number of nitro benzene ring substituents is 1. The first-order valence-corrected chi connectivity index (χ1v) is 16.6. The maximum Gasteiger partial charge on any atom is 0.407 e. The first-order valence-electron chi connectivity index (χ1n) is 16.6. The molecule has 3 aromatic rings. The molecule has 1 fully saturated rings. The van der Waals surface area contributed by atoms with Crippen molar-refractivity contribution in [3.8, 4) is 23.0 Å². The molecule has 0 radical (unpaired) electrons. The molecule has 0 unspecified atom stereocenters. The number of nitrogens with zero attached hydrogens (tertiary/aromatic N) is 1. The number of carbonyl (C=O) groups excluding carboxylic acids is 4. The fourth-order valence-corrected chi connectivity index (χ4v) is 7.16. The molecule has 6 rings (SSSR count). The fourth-order valence-electron chi connectivity index (χ4n) is 7.16. The van der Waals surface area contributed by atoms with Gasteiger partial charge in [0.1, 0.15) is 47.9 Å². The third-order valence-electron chi connectivity index (χ3n) is 9.90. The third-order valence-corrected chi connectivity index (χ3v) is 9.90. The molecule has 6 N–H and O–H groups in total. The van der Waals surface area contributed by atoms with Crippen molar-refractivity contribution in [2.24, 2.45) is 0 Å². The Morgan fingerprint density at radius 1 is 1.04 bits per heavy atom. The van der Waals surface area contributed by atoms with Gasteiger partial charge in [-0.1, -0.05) is 12.1 Å². The number of amides is 1. The summed E-state index contributed by atoms with van der Waals surface area (Å²) >= 11 is 0. The Balaban J connectivity index is 1.29. The molecule has 0 bridgehead atoms. The number of aromatic hydroxyl groups is 2. The van der Waals surface area contributed by atoms with E-state index in [2.05, 4.69) is 5.32 Å². The number of rotatable bonds is 10. The molecule has 1 aliphatic heterocycles. The minimum Gasteiger partial charge on any atom is -0.507 e. The number of fused-ring (bicyclic) bond motifs is 3. The van der Waals surface area contributed by atoms with Crippen LogP contribution in [0.25, 0.3) is 0 Å². The van der Waals surface area contributed by atoms with E-state index in [1.54, 1.807) is 0 Å². The van der Waals surface area contributed by atoms with E-state index >= 15 is 0 Å². The molecule has 6 atom stereocenters. The molecular weight excluding hydrogens is 716 g/mol. The van der Waals surface area contributed by atoms with Gasteiger partial charge in [0.05, 0.1) is 60.1 Å². The Morgan fingerprint density at radius 2 is 1.74 bits per heavy atom. The van der Waals surface area contributed by atoms with Crippen molar-refractivity contribution in [3.63, 3.8) is 0 Å². The van der Waals surface area contributed by atoms with Gasteiger partial charge in [-0.25, -0.2) is 4.79 Å². The molecular formula is C36H36N2O16. The van der Waals surface area contributed by atoms with Crippen LogP contribution in [0.5, 0.6) is 23.0 Å². The summed E-state index contributed by atoms with van der Waals surface area (Å²) in [6, 6.07) is 6.90. The summed E-state index contributed by atoms with van der Waals surface area (Å²) < 4.78 is 27.8. The maximum absolute atomic E-state index is 13.9. The number of methoxy groups -OCH3 is 2. The number of non-ortho nitro benzene ring substituents is 1. The summed E-state index contributed by atoms with van der Waals surface area (Å²) in [6.45, 7) is 0.00376. The lowest BCUT2D eigenvalue weighted by Crippen LogP contribution is -2.56. The van der Waals surface area contributed by atoms with Gasteiger partial charge < -0.3 is 54.5 Å². The second kappa shape index (κ2) is 14.6. The summed E-state index contributed by atoms with van der Waals surface area (Å²) in [5.41, 5.74) is -4.21. The van der Waals surface area contributed by atoms with Crippen LogP contribution in [0.4, 0.5) is 10.5 Å². The number of hydrogen-bond donors (Lipinski definition) is 6. The zero-order valence-electron chi connectivity index (χ0n) is 29.1. The number of aliphatic hydroxyl groups is 3. The number of phenolic OH excluding ortho intramolecular Hbond substituents is 2. The van der Waals surface area contributed by atoms with Crippen LogP contribution in [-0.4, -0.2) is 105 Å². The number of benzene rings is 3. The van der Waals surface area contributed by atoms with E-state index in [9.17, 15) is 54.8 Å².